The number of rotatable bonds is 3. The number of amides is 2. The molecule has 18 heavy (non-hydrogen) atoms. The van der Waals surface area contributed by atoms with Gasteiger partial charge in [-0.1, -0.05) is 12.1 Å². The monoisotopic (exact) mass is 247 g/mol. The van der Waals surface area contributed by atoms with E-state index in [-0.39, 0.29) is 24.0 Å². The standard InChI is InChI=1S/C13H17N3O2/c1-8(2)16-11(12(14)15-13(16)17)9-4-6-10(18-3)7-5-9/h4-8,11H,1-3H3,(H2,14,15,17). The normalized spacial score (nSPS) is 19.3. The first-order chi connectivity index (χ1) is 8.54. The highest BCUT2D eigenvalue weighted by Gasteiger charge is 2.38. The molecule has 1 aliphatic rings. The van der Waals surface area contributed by atoms with Crippen molar-refractivity contribution in [2.75, 3.05) is 7.11 Å². The molecule has 2 amide bonds. The summed E-state index contributed by atoms with van der Waals surface area (Å²) in [6.45, 7) is 3.88. The molecule has 1 aromatic rings. The van der Waals surface area contributed by atoms with Crippen LogP contribution in [0.25, 0.3) is 0 Å². The smallest absolute Gasteiger partial charge is 0.323 e. The second-order valence-corrected chi connectivity index (χ2v) is 4.52. The van der Waals surface area contributed by atoms with E-state index in [9.17, 15) is 4.79 Å². The Bertz CT molecular complexity index is 468. The molecule has 1 atom stereocenters. The van der Waals surface area contributed by atoms with E-state index in [0.29, 0.717) is 0 Å². The van der Waals surface area contributed by atoms with E-state index in [0.717, 1.165) is 11.3 Å². The Morgan fingerprint density at radius 1 is 1.33 bits per heavy atom. The van der Waals surface area contributed by atoms with Crippen LogP contribution < -0.4 is 10.1 Å². The fraction of sp³-hybridized carbons (Fsp3) is 0.385. The van der Waals surface area contributed by atoms with Crippen molar-refractivity contribution in [1.29, 1.82) is 5.41 Å². The summed E-state index contributed by atoms with van der Waals surface area (Å²) >= 11 is 0. The minimum Gasteiger partial charge on any atom is -0.497 e. The summed E-state index contributed by atoms with van der Waals surface area (Å²) in [5, 5.41) is 10.5. The van der Waals surface area contributed by atoms with Crippen LogP contribution in [0.15, 0.2) is 24.3 Å². The minimum atomic E-state index is -0.330. The van der Waals surface area contributed by atoms with Crippen molar-refractivity contribution in [2.45, 2.75) is 25.9 Å². The van der Waals surface area contributed by atoms with Crippen molar-refractivity contribution in [1.82, 2.24) is 10.2 Å². The zero-order valence-electron chi connectivity index (χ0n) is 10.7. The van der Waals surface area contributed by atoms with Gasteiger partial charge in [-0.15, -0.1) is 0 Å². The summed E-state index contributed by atoms with van der Waals surface area (Å²) in [6.07, 6.45) is 0. The molecule has 1 aromatic carbocycles. The highest BCUT2D eigenvalue weighted by molar-refractivity contribution is 6.06. The maximum absolute atomic E-state index is 11.8. The first-order valence-electron chi connectivity index (χ1n) is 5.86. The Morgan fingerprint density at radius 2 is 1.94 bits per heavy atom. The minimum absolute atomic E-state index is 0.0416. The van der Waals surface area contributed by atoms with Crippen LogP contribution in [0.1, 0.15) is 25.5 Å². The molecule has 0 spiro atoms. The van der Waals surface area contributed by atoms with Crippen LogP contribution >= 0.6 is 0 Å². The van der Waals surface area contributed by atoms with E-state index < -0.39 is 0 Å². The van der Waals surface area contributed by atoms with Gasteiger partial charge >= 0.3 is 6.03 Å². The number of urea groups is 1. The fourth-order valence-electron chi connectivity index (χ4n) is 2.15. The third-order valence-electron chi connectivity index (χ3n) is 3.02. The molecule has 2 rings (SSSR count). The summed E-state index contributed by atoms with van der Waals surface area (Å²) < 4.78 is 5.10. The van der Waals surface area contributed by atoms with Gasteiger partial charge in [0.2, 0.25) is 0 Å². The van der Waals surface area contributed by atoms with Crippen molar-refractivity contribution >= 4 is 11.9 Å². The topological polar surface area (TPSA) is 65.4 Å². The van der Waals surface area contributed by atoms with Gasteiger partial charge in [-0.2, -0.15) is 0 Å². The van der Waals surface area contributed by atoms with Crippen molar-refractivity contribution in [3.8, 4) is 5.75 Å². The number of hydrogen-bond donors (Lipinski definition) is 2. The van der Waals surface area contributed by atoms with Crippen molar-refractivity contribution in [3.05, 3.63) is 29.8 Å². The zero-order valence-corrected chi connectivity index (χ0v) is 10.7. The van der Waals surface area contributed by atoms with Gasteiger partial charge < -0.3 is 9.64 Å². The SMILES string of the molecule is COc1ccc(C2C(=N)NC(=O)N2C(C)C)cc1. The second-order valence-electron chi connectivity index (χ2n) is 4.52. The molecule has 1 saturated heterocycles. The van der Waals surface area contributed by atoms with Gasteiger partial charge in [0.1, 0.15) is 17.6 Å². The van der Waals surface area contributed by atoms with Crippen molar-refractivity contribution in [3.63, 3.8) is 0 Å². The van der Waals surface area contributed by atoms with E-state index >= 15 is 0 Å². The molecule has 1 unspecified atom stereocenters. The predicted octanol–water partition coefficient (Wildman–Crippen LogP) is 2.15. The van der Waals surface area contributed by atoms with Gasteiger partial charge in [-0.25, -0.2) is 4.79 Å². The molecule has 0 bridgehead atoms. The lowest BCUT2D eigenvalue weighted by molar-refractivity contribution is 0.190. The van der Waals surface area contributed by atoms with E-state index in [1.54, 1.807) is 12.0 Å². The molecule has 1 heterocycles. The van der Waals surface area contributed by atoms with Crippen molar-refractivity contribution < 1.29 is 9.53 Å². The first kappa shape index (κ1) is 12.4. The Balaban J connectivity index is 2.34. The number of carbonyl (C=O) groups is 1. The van der Waals surface area contributed by atoms with Gasteiger partial charge in [0.05, 0.1) is 7.11 Å². The van der Waals surface area contributed by atoms with Gasteiger partial charge in [0.15, 0.2) is 0 Å². The summed E-state index contributed by atoms with van der Waals surface area (Å²) in [4.78, 5) is 13.5. The van der Waals surface area contributed by atoms with Crippen LogP contribution in [0, 0.1) is 5.41 Å². The quantitative estimate of drug-likeness (QED) is 0.859. The number of benzene rings is 1. The van der Waals surface area contributed by atoms with E-state index in [2.05, 4.69) is 5.32 Å². The highest BCUT2D eigenvalue weighted by Crippen LogP contribution is 2.29. The first-order valence-corrected chi connectivity index (χ1v) is 5.86. The number of methoxy groups -OCH3 is 1. The number of nitrogens with zero attached hydrogens (tertiary/aromatic N) is 1. The molecule has 1 fully saturated rings. The molecule has 0 radical (unpaired) electrons. The lowest BCUT2D eigenvalue weighted by Crippen LogP contribution is -2.35. The number of nitrogens with one attached hydrogen (secondary N) is 2. The molecular weight excluding hydrogens is 230 g/mol. The molecule has 5 heteroatoms. The summed E-state index contributed by atoms with van der Waals surface area (Å²) in [5.74, 6) is 0.984. The number of carbonyl (C=O) groups excluding carboxylic acids is 1. The van der Waals surface area contributed by atoms with Crippen LogP contribution in [0.3, 0.4) is 0 Å². The largest absolute Gasteiger partial charge is 0.497 e. The third kappa shape index (κ3) is 2.03. The average Bonchev–Trinajstić information content (AvgIpc) is 2.64. The number of hydrogen-bond acceptors (Lipinski definition) is 3. The predicted molar refractivity (Wildman–Crippen MR) is 69.0 cm³/mol. The second kappa shape index (κ2) is 4.68. The van der Waals surface area contributed by atoms with Crippen molar-refractivity contribution in [2.24, 2.45) is 0 Å². The lowest BCUT2D eigenvalue weighted by Gasteiger charge is -2.26. The van der Waals surface area contributed by atoms with Gasteiger partial charge in [-0.3, -0.25) is 10.7 Å². The van der Waals surface area contributed by atoms with Crippen LogP contribution in [-0.4, -0.2) is 29.9 Å². The number of amidine groups is 1. The Kier molecular flexibility index (Phi) is 3.23. The molecule has 2 N–H and O–H groups in total. The zero-order chi connectivity index (χ0) is 13.3. The average molecular weight is 247 g/mol. The Hall–Kier alpha value is -2.04. The molecule has 0 aliphatic carbocycles. The Morgan fingerprint density at radius 3 is 2.44 bits per heavy atom. The molecule has 1 aliphatic heterocycles. The van der Waals surface area contributed by atoms with Gasteiger partial charge in [0, 0.05) is 6.04 Å². The fourth-order valence-corrected chi connectivity index (χ4v) is 2.15. The van der Waals surface area contributed by atoms with Gasteiger partial charge in [0.25, 0.3) is 0 Å². The lowest BCUT2D eigenvalue weighted by atomic mass is 10.0. The maximum Gasteiger partial charge on any atom is 0.323 e. The summed E-state index contributed by atoms with van der Waals surface area (Å²) in [6, 6.07) is 6.94. The summed E-state index contributed by atoms with van der Waals surface area (Å²) in [5.41, 5.74) is 0.910. The maximum atomic E-state index is 11.8. The Labute approximate surface area is 106 Å². The van der Waals surface area contributed by atoms with E-state index in [4.69, 9.17) is 10.1 Å². The molecule has 0 saturated carbocycles. The molecular formula is C13H17N3O2. The third-order valence-corrected chi connectivity index (χ3v) is 3.02. The van der Waals surface area contributed by atoms with E-state index in [1.165, 1.54) is 0 Å². The van der Waals surface area contributed by atoms with Crippen LogP contribution in [0.2, 0.25) is 0 Å². The van der Waals surface area contributed by atoms with E-state index in [1.807, 2.05) is 38.1 Å². The number of ether oxygens (including phenoxy) is 1. The van der Waals surface area contributed by atoms with Crippen LogP contribution in [0.5, 0.6) is 5.75 Å². The molecule has 5 nitrogen and oxygen atoms in total. The molecule has 0 aromatic heterocycles. The molecule has 96 valence electrons. The highest BCUT2D eigenvalue weighted by atomic mass is 16.5. The van der Waals surface area contributed by atoms with Crippen LogP contribution in [0.4, 0.5) is 4.79 Å². The van der Waals surface area contributed by atoms with Gasteiger partial charge in [-0.05, 0) is 31.5 Å². The summed E-state index contributed by atoms with van der Waals surface area (Å²) in [7, 11) is 1.61. The van der Waals surface area contributed by atoms with Crippen LogP contribution in [-0.2, 0) is 0 Å².